The number of nitrogens with zero attached hydrogens (tertiary/aromatic N) is 2. The Bertz CT molecular complexity index is 449. The summed E-state index contributed by atoms with van der Waals surface area (Å²) in [6.45, 7) is 7.92. The normalized spacial score (nSPS) is 12.3. The van der Waals surface area contributed by atoms with Crippen molar-refractivity contribution >= 4 is 0 Å². The first kappa shape index (κ1) is 11.2. The molecule has 0 aliphatic rings. The third-order valence-corrected chi connectivity index (χ3v) is 2.05. The van der Waals surface area contributed by atoms with Gasteiger partial charge in [-0.25, -0.2) is 9.89 Å². The Hall–Kier alpha value is -1.84. The molecule has 1 aromatic rings. The summed E-state index contributed by atoms with van der Waals surface area (Å²) >= 11 is 0. The molecule has 1 aromatic heterocycles. The molecule has 0 amide bonds. The first-order chi connectivity index (χ1) is 7.19. The second kappa shape index (κ2) is 5.14. The van der Waals surface area contributed by atoms with Crippen LogP contribution in [0.4, 0.5) is 0 Å². The molecule has 0 fully saturated rings. The van der Waals surface area contributed by atoms with Gasteiger partial charge >= 0.3 is 5.69 Å². The Morgan fingerprint density at radius 2 is 2.40 bits per heavy atom. The van der Waals surface area contributed by atoms with Crippen LogP contribution < -0.4 is 5.69 Å². The molecule has 4 heteroatoms. The van der Waals surface area contributed by atoms with Crippen molar-refractivity contribution in [2.24, 2.45) is 0 Å². The summed E-state index contributed by atoms with van der Waals surface area (Å²) in [6, 6.07) is 0. The first-order valence-electron chi connectivity index (χ1n) is 4.75. The van der Waals surface area contributed by atoms with Gasteiger partial charge in [-0.1, -0.05) is 30.9 Å². The fraction of sp³-hybridized carbons (Fsp3) is 0.273. The summed E-state index contributed by atoms with van der Waals surface area (Å²) in [5, 5.41) is 6.23. The van der Waals surface area contributed by atoms with E-state index in [4.69, 9.17) is 0 Å². The molecule has 0 saturated carbocycles. The average molecular weight is 205 g/mol. The third kappa shape index (κ3) is 2.80. The van der Waals surface area contributed by atoms with Gasteiger partial charge in [-0.05, 0) is 19.4 Å². The van der Waals surface area contributed by atoms with Gasteiger partial charge in [0.25, 0.3) is 0 Å². The summed E-state index contributed by atoms with van der Waals surface area (Å²) in [5.41, 5.74) is 0.778. The summed E-state index contributed by atoms with van der Waals surface area (Å²) in [7, 11) is 0. The van der Waals surface area contributed by atoms with E-state index in [2.05, 4.69) is 16.8 Å². The van der Waals surface area contributed by atoms with Crippen LogP contribution in [-0.4, -0.2) is 14.8 Å². The van der Waals surface area contributed by atoms with Crippen molar-refractivity contribution < 1.29 is 0 Å². The number of hydrogen-bond donors (Lipinski definition) is 1. The van der Waals surface area contributed by atoms with Gasteiger partial charge < -0.3 is 0 Å². The van der Waals surface area contributed by atoms with Crippen LogP contribution >= 0.6 is 0 Å². The minimum atomic E-state index is -0.194. The highest BCUT2D eigenvalue weighted by Crippen LogP contribution is 2.01. The molecule has 0 spiro atoms. The van der Waals surface area contributed by atoms with E-state index >= 15 is 0 Å². The van der Waals surface area contributed by atoms with Crippen LogP contribution in [0.3, 0.4) is 0 Å². The summed E-state index contributed by atoms with van der Waals surface area (Å²) in [5.74, 6) is 0.674. The van der Waals surface area contributed by atoms with Crippen LogP contribution in [0.15, 0.2) is 41.3 Å². The molecule has 1 heterocycles. The van der Waals surface area contributed by atoms with Gasteiger partial charge in [-0.15, -0.1) is 0 Å². The highest BCUT2D eigenvalue weighted by molar-refractivity contribution is 5.22. The Labute approximate surface area is 88.6 Å². The second-order valence-electron chi connectivity index (χ2n) is 3.13. The predicted octanol–water partition coefficient (Wildman–Crippen LogP) is 1.57. The Morgan fingerprint density at radius 1 is 1.67 bits per heavy atom. The summed E-state index contributed by atoms with van der Waals surface area (Å²) < 4.78 is 1.57. The average Bonchev–Trinajstić information content (AvgIpc) is 2.55. The van der Waals surface area contributed by atoms with E-state index in [1.54, 1.807) is 17.6 Å². The molecular weight excluding hydrogens is 190 g/mol. The van der Waals surface area contributed by atoms with Crippen LogP contribution in [0.25, 0.3) is 0 Å². The fourth-order valence-corrected chi connectivity index (χ4v) is 1.17. The van der Waals surface area contributed by atoms with Crippen molar-refractivity contribution in [1.82, 2.24) is 14.8 Å². The second-order valence-corrected chi connectivity index (χ2v) is 3.13. The summed E-state index contributed by atoms with van der Waals surface area (Å²) in [4.78, 5) is 11.3. The highest BCUT2D eigenvalue weighted by atomic mass is 16.1. The number of nitrogens with one attached hydrogen (secondary N) is 1. The van der Waals surface area contributed by atoms with E-state index in [1.807, 2.05) is 25.2 Å². The number of hydrogen-bond acceptors (Lipinski definition) is 2. The van der Waals surface area contributed by atoms with Gasteiger partial charge in [0, 0.05) is 0 Å². The Morgan fingerprint density at radius 3 is 2.87 bits per heavy atom. The first-order valence-corrected chi connectivity index (χ1v) is 4.75. The van der Waals surface area contributed by atoms with E-state index in [0.29, 0.717) is 12.4 Å². The Balaban J connectivity index is 2.93. The largest absolute Gasteiger partial charge is 0.343 e. The van der Waals surface area contributed by atoms with Crippen LogP contribution in [0.1, 0.15) is 12.7 Å². The lowest BCUT2D eigenvalue weighted by Crippen LogP contribution is -2.18. The molecule has 4 nitrogen and oxygen atoms in total. The van der Waals surface area contributed by atoms with E-state index in [9.17, 15) is 4.79 Å². The van der Waals surface area contributed by atoms with Gasteiger partial charge in [0.1, 0.15) is 5.82 Å². The van der Waals surface area contributed by atoms with Gasteiger partial charge in [0.15, 0.2) is 0 Å². The van der Waals surface area contributed by atoms with Crippen molar-refractivity contribution in [2.75, 3.05) is 0 Å². The zero-order valence-corrected chi connectivity index (χ0v) is 9.03. The van der Waals surface area contributed by atoms with E-state index in [1.165, 1.54) is 0 Å². The van der Waals surface area contributed by atoms with Gasteiger partial charge in [-0.2, -0.15) is 5.10 Å². The molecule has 0 aliphatic heterocycles. The van der Waals surface area contributed by atoms with Crippen LogP contribution in [0.2, 0.25) is 0 Å². The van der Waals surface area contributed by atoms with Crippen LogP contribution in [0, 0.1) is 6.92 Å². The zero-order chi connectivity index (χ0) is 11.3. The fourth-order valence-electron chi connectivity index (χ4n) is 1.17. The molecule has 15 heavy (non-hydrogen) atoms. The molecule has 1 N–H and O–H groups in total. The van der Waals surface area contributed by atoms with Crippen molar-refractivity contribution in [3.8, 4) is 0 Å². The molecule has 0 saturated heterocycles. The number of rotatable bonds is 4. The molecule has 0 bridgehead atoms. The lowest BCUT2D eigenvalue weighted by atomic mass is 10.2. The number of aromatic amines is 1. The molecule has 0 atom stereocenters. The molecule has 0 radical (unpaired) electrons. The number of aryl methyl sites for hydroxylation is 1. The number of allylic oxidation sites excluding steroid dienone is 5. The molecule has 80 valence electrons. The molecule has 0 unspecified atom stereocenters. The molecule has 0 aliphatic carbocycles. The monoisotopic (exact) mass is 205 g/mol. The number of aromatic nitrogens is 3. The van der Waals surface area contributed by atoms with Gasteiger partial charge in [-0.3, -0.25) is 4.57 Å². The minimum Gasteiger partial charge on any atom is -0.275 e. The third-order valence-electron chi connectivity index (χ3n) is 2.05. The lowest BCUT2D eigenvalue weighted by molar-refractivity contribution is 0.733. The van der Waals surface area contributed by atoms with Crippen molar-refractivity contribution in [3.05, 3.63) is 52.8 Å². The van der Waals surface area contributed by atoms with E-state index in [-0.39, 0.29) is 5.69 Å². The van der Waals surface area contributed by atoms with E-state index in [0.717, 1.165) is 5.57 Å². The highest BCUT2D eigenvalue weighted by Gasteiger charge is 2.03. The SMILES string of the molecule is C=C/C(=C\C=C/C)Cn1c(C)n[nH]c1=O. The smallest absolute Gasteiger partial charge is 0.275 e. The maximum absolute atomic E-state index is 11.3. The minimum absolute atomic E-state index is 0.194. The maximum atomic E-state index is 11.3. The van der Waals surface area contributed by atoms with Gasteiger partial charge in [0.2, 0.25) is 0 Å². The van der Waals surface area contributed by atoms with E-state index < -0.39 is 0 Å². The van der Waals surface area contributed by atoms with Crippen LogP contribution in [-0.2, 0) is 6.54 Å². The van der Waals surface area contributed by atoms with Crippen molar-refractivity contribution in [2.45, 2.75) is 20.4 Å². The van der Waals surface area contributed by atoms with Crippen molar-refractivity contribution in [3.63, 3.8) is 0 Å². The van der Waals surface area contributed by atoms with Crippen LogP contribution in [0.5, 0.6) is 0 Å². The lowest BCUT2D eigenvalue weighted by Gasteiger charge is -2.02. The van der Waals surface area contributed by atoms with Crippen molar-refractivity contribution in [1.29, 1.82) is 0 Å². The Kier molecular flexibility index (Phi) is 3.85. The van der Waals surface area contributed by atoms with Gasteiger partial charge in [0.05, 0.1) is 6.54 Å². The molecule has 0 aromatic carbocycles. The predicted molar refractivity (Wildman–Crippen MR) is 60.7 cm³/mol. The quantitative estimate of drug-likeness (QED) is 0.758. The number of H-pyrrole nitrogens is 1. The summed E-state index contributed by atoms with van der Waals surface area (Å²) in [6.07, 6.45) is 7.50. The molecule has 1 rings (SSSR count). The maximum Gasteiger partial charge on any atom is 0.343 e. The zero-order valence-electron chi connectivity index (χ0n) is 9.03. The standard InChI is InChI=1S/C11H15N3O/c1-4-6-7-10(5-2)8-14-9(3)12-13-11(14)15/h4-7H,2,8H2,1,3H3,(H,13,15)/b6-4-,10-7+. The molecular formula is C11H15N3O. The topological polar surface area (TPSA) is 50.7 Å².